The van der Waals surface area contributed by atoms with Crippen molar-refractivity contribution < 1.29 is 9.15 Å². The first-order chi connectivity index (χ1) is 10.7. The Balaban J connectivity index is 1.49. The first-order valence-corrected chi connectivity index (χ1v) is 8.67. The molecule has 4 nitrogen and oxygen atoms in total. The van der Waals surface area contributed by atoms with Gasteiger partial charge in [-0.2, -0.15) is 0 Å². The van der Waals surface area contributed by atoms with Gasteiger partial charge in [0.15, 0.2) is 4.67 Å². The predicted octanol–water partition coefficient (Wildman–Crippen LogP) is 3.50. The first kappa shape index (κ1) is 13.1. The zero-order valence-electron chi connectivity index (χ0n) is 12.2. The van der Waals surface area contributed by atoms with Crippen molar-refractivity contribution >= 4 is 15.9 Å². The van der Waals surface area contributed by atoms with Gasteiger partial charge in [-0.25, -0.2) is 4.98 Å². The Kier molecular flexibility index (Phi) is 2.74. The first-order valence-electron chi connectivity index (χ1n) is 7.88. The lowest BCUT2D eigenvalue weighted by Crippen LogP contribution is -2.61. The normalized spacial score (nSPS) is 32.2. The molecule has 2 aromatic rings. The van der Waals surface area contributed by atoms with E-state index in [1.165, 1.54) is 31.5 Å². The number of aromatic nitrogens is 1. The van der Waals surface area contributed by atoms with Crippen LogP contribution in [0.25, 0.3) is 11.3 Å². The van der Waals surface area contributed by atoms with Crippen LogP contribution in [-0.2, 0) is 6.42 Å². The van der Waals surface area contributed by atoms with Gasteiger partial charge in [0.25, 0.3) is 0 Å². The van der Waals surface area contributed by atoms with Crippen LogP contribution in [0.1, 0.15) is 18.4 Å². The average Bonchev–Trinajstić information content (AvgIpc) is 3.11. The van der Waals surface area contributed by atoms with E-state index in [1.807, 2.05) is 18.3 Å². The van der Waals surface area contributed by atoms with Crippen molar-refractivity contribution in [1.82, 2.24) is 9.88 Å². The average molecular weight is 361 g/mol. The maximum atomic E-state index is 6.37. The van der Waals surface area contributed by atoms with Gasteiger partial charge in [-0.3, -0.25) is 4.90 Å². The minimum absolute atomic E-state index is 0.0335. The third-order valence-corrected chi connectivity index (χ3v) is 5.82. The fraction of sp³-hybridized carbons (Fsp3) is 0.471. The number of hydrogen-bond acceptors (Lipinski definition) is 4. The van der Waals surface area contributed by atoms with Crippen molar-refractivity contribution in [3.8, 4) is 17.2 Å². The van der Waals surface area contributed by atoms with Crippen molar-refractivity contribution in [2.75, 3.05) is 19.6 Å². The Morgan fingerprint density at radius 1 is 1.27 bits per heavy atom. The number of fused-ring (bicyclic) bond motifs is 3. The Labute approximate surface area is 137 Å². The highest BCUT2D eigenvalue weighted by atomic mass is 79.9. The summed E-state index contributed by atoms with van der Waals surface area (Å²) in [6, 6.07) is 6.06. The summed E-state index contributed by atoms with van der Waals surface area (Å²) in [5.41, 5.74) is 2.21. The Hall–Kier alpha value is -1.33. The van der Waals surface area contributed by atoms with Crippen molar-refractivity contribution in [3.63, 3.8) is 0 Å². The van der Waals surface area contributed by atoms with Gasteiger partial charge in [0.05, 0.1) is 0 Å². The van der Waals surface area contributed by atoms with Crippen LogP contribution in [0.15, 0.2) is 33.5 Å². The third-order valence-electron chi connectivity index (χ3n) is 5.40. The second-order valence-corrected chi connectivity index (χ2v) is 7.47. The lowest BCUT2D eigenvalue weighted by Gasteiger charge is -2.50. The van der Waals surface area contributed by atoms with E-state index in [1.54, 1.807) is 0 Å². The Morgan fingerprint density at radius 2 is 2.14 bits per heavy atom. The third kappa shape index (κ3) is 1.88. The number of pyridine rings is 1. The topological polar surface area (TPSA) is 38.5 Å². The maximum absolute atomic E-state index is 6.37. The SMILES string of the molecule is Brc1ccc(-c2cnc3c(c2)C[C@@]2(CN4CCC2CC4)O3)o1. The number of piperidine rings is 3. The van der Waals surface area contributed by atoms with Gasteiger partial charge in [0, 0.05) is 36.2 Å². The Morgan fingerprint density at radius 3 is 2.82 bits per heavy atom. The molecule has 0 radical (unpaired) electrons. The molecule has 22 heavy (non-hydrogen) atoms. The highest BCUT2D eigenvalue weighted by Gasteiger charge is 2.52. The zero-order chi connectivity index (χ0) is 14.7. The van der Waals surface area contributed by atoms with Crippen LogP contribution in [0.3, 0.4) is 0 Å². The van der Waals surface area contributed by atoms with E-state index in [9.17, 15) is 0 Å². The van der Waals surface area contributed by atoms with Crippen molar-refractivity contribution in [2.24, 2.45) is 5.92 Å². The molecule has 0 unspecified atom stereocenters. The molecule has 6 heterocycles. The predicted molar refractivity (Wildman–Crippen MR) is 85.9 cm³/mol. The molecule has 2 aromatic heterocycles. The number of nitrogens with zero attached hydrogens (tertiary/aromatic N) is 2. The summed E-state index contributed by atoms with van der Waals surface area (Å²) in [6.07, 6.45) is 5.34. The smallest absolute Gasteiger partial charge is 0.217 e. The van der Waals surface area contributed by atoms with Crippen LogP contribution in [0.5, 0.6) is 5.88 Å². The fourth-order valence-electron chi connectivity index (χ4n) is 4.31. The summed E-state index contributed by atoms with van der Waals surface area (Å²) >= 11 is 3.35. The van der Waals surface area contributed by atoms with Crippen LogP contribution in [0.4, 0.5) is 0 Å². The van der Waals surface area contributed by atoms with E-state index >= 15 is 0 Å². The van der Waals surface area contributed by atoms with Crippen LogP contribution < -0.4 is 4.74 Å². The largest absolute Gasteiger partial charge is 0.469 e. The number of rotatable bonds is 1. The van der Waals surface area contributed by atoms with Gasteiger partial charge >= 0.3 is 0 Å². The molecular formula is C17H17BrN2O2. The number of halogens is 1. The highest BCUT2D eigenvalue weighted by molar-refractivity contribution is 9.10. The van der Waals surface area contributed by atoms with Crippen molar-refractivity contribution in [2.45, 2.75) is 24.9 Å². The molecule has 6 rings (SSSR count). The summed E-state index contributed by atoms with van der Waals surface area (Å²) in [6.45, 7) is 3.51. The van der Waals surface area contributed by atoms with Crippen LogP contribution in [-0.4, -0.2) is 35.1 Å². The van der Waals surface area contributed by atoms with Crippen molar-refractivity contribution in [3.05, 3.63) is 34.6 Å². The number of hydrogen-bond donors (Lipinski definition) is 0. The molecule has 3 saturated heterocycles. The molecule has 0 amide bonds. The van der Waals surface area contributed by atoms with E-state index in [-0.39, 0.29) is 5.60 Å². The van der Waals surface area contributed by atoms with Crippen molar-refractivity contribution in [1.29, 1.82) is 0 Å². The van der Waals surface area contributed by atoms with E-state index < -0.39 is 0 Å². The highest BCUT2D eigenvalue weighted by Crippen LogP contribution is 2.46. The molecule has 0 N–H and O–H groups in total. The molecule has 1 atom stereocenters. The molecule has 3 fully saturated rings. The lowest BCUT2D eigenvalue weighted by molar-refractivity contribution is -0.0814. The van der Waals surface area contributed by atoms with Crippen LogP contribution in [0.2, 0.25) is 0 Å². The second-order valence-electron chi connectivity index (χ2n) is 6.69. The summed E-state index contributed by atoms with van der Waals surface area (Å²) in [5, 5.41) is 0. The Bertz CT molecular complexity index is 736. The molecule has 0 aromatic carbocycles. The van der Waals surface area contributed by atoms with E-state index in [0.717, 1.165) is 34.8 Å². The molecular weight excluding hydrogens is 344 g/mol. The minimum atomic E-state index is -0.0335. The lowest BCUT2D eigenvalue weighted by atomic mass is 9.73. The molecule has 4 aliphatic rings. The van der Waals surface area contributed by atoms with Gasteiger partial charge in [-0.15, -0.1) is 0 Å². The van der Waals surface area contributed by atoms with Gasteiger partial charge in [-0.1, -0.05) is 0 Å². The molecule has 114 valence electrons. The van der Waals surface area contributed by atoms with Gasteiger partial charge in [0.1, 0.15) is 11.4 Å². The fourth-order valence-corrected chi connectivity index (χ4v) is 4.62. The molecule has 0 saturated carbocycles. The molecule has 5 heteroatoms. The number of ether oxygens (including phenoxy) is 1. The minimum Gasteiger partial charge on any atom is -0.469 e. The molecule has 0 aliphatic carbocycles. The molecule has 4 aliphatic heterocycles. The van der Waals surface area contributed by atoms with Gasteiger partial charge in [0.2, 0.25) is 5.88 Å². The molecule has 1 spiro atoms. The monoisotopic (exact) mass is 360 g/mol. The van der Waals surface area contributed by atoms with Gasteiger partial charge < -0.3 is 9.15 Å². The standard InChI is InChI=1S/C17H17BrN2O2/c18-15-2-1-14(21-15)12-7-11-8-17(22-16(11)19-9-12)10-20-5-3-13(17)4-6-20/h1-2,7,9,13H,3-6,8,10H2/t17-/m0/s1. The summed E-state index contributed by atoms with van der Waals surface area (Å²) in [5.74, 6) is 2.34. The number of furan rings is 1. The molecule has 2 bridgehead atoms. The second kappa shape index (κ2) is 4.59. The summed E-state index contributed by atoms with van der Waals surface area (Å²) in [4.78, 5) is 7.10. The zero-order valence-corrected chi connectivity index (χ0v) is 13.8. The van der Waals surface area contributed by atoms with E-state index in [4.69, 9.17) is 9.15 Å². The quantitative estimate of drug-likeness (QED) is 0.779. The van der Waals surface area contributed by atoms with Crippen LogP contribution in [0, 0.1) is 5.92 Å². The van der Waals surface area contributed by atoms with Crippen LogP contribution >= 0.6 is 15.9 Å². The van der Waals surface area contributed by atoms with E-state index in [0.29, 0.717) is 5.92 Å². The summed E-state index contributed by atoms with van der Waals surface area (Å²) in [7, 11) is 0. The van der Waals surface area contributed by atoms with E-state index in [2.05, 4.69) is 31.9 Å². The van der Waals surface area contributed by atoms with Gasteiger partial charge in [-0.05, 0) is 60.1 Å². The summed E-state index contributed by atoms with van der Waals surface area (Å²) < 4.78 is 12.8. The maximum Gasteiger partial charge on any atom is 0.217 e.